The molecular formula is C21H24N2O5. The molecule has 1 aliphatic rings. The molecule has 2 amide bonds. The van der Waals surface area contributed by atoms with Crippen LogP contribution in [-0.2, 0) is 16.1 Å². The van der Waals surface area contributed by atoms with Gasteiger partial charge in [0.15, 0.2) is 0 Å². The lowest BCUT2D eigenvalue weighted by Crippen LogP contribution is -2.32. The van der Waals surface area contributed by atoms with Crippen LogP contribution < -0.4 is 24.4 Å². The van der Waals surface area contributed by atoms with Gasteiger partial charge in [0.1, 0.15) is 17.2 Å². The van der Waals surface area contributed by atoms with Crippen LogP contribution in [0, 0.1) is 5.92 Å². The summed E-state index contributed by atoms with van der Waals surface area (Å²) < 4.78 is 15.7. The van der Waals surface area contributed by atoms with E-state index in [1.807, 2.05) is 24.3 Å². The summed E-state index contributed by atoms with van der Waals surface area (Å²) in [4.78, 5) is 26.7. The van der Waals surface area contributed by atoms with Gasteiger partial charge in [-0.25, -0.2) is 0 Å². The van der Waals surface area contributed by atoms with Gasteiger partial charge in [-0.3, -0.25) is 9.59 Å². The lowest BCUT2D eigenvalue weighted by atomic mass is 10.1. The van der Waals surface area contributed by atoms with E-state index in [4.69, 9.17) is 14.2 Å². The molecule has 7 heteroatoms. The van der Waals surface area contributed by atoms with E-state index in [-0.39, 0.29) is 18.2 Å². The van der Waals surface area contributed by atoms with Crippen molar-refractivity contribution in [3.63, 3.8) is 0 Å². The smallest absolute Gasteiger partial charge is 0.227 e. The van der Waals surface area contributed by atoms with Crippen LogP contribution in [0.25, 0.3) is 0 Å². The van der Waals surface area contributed by atoms with Gasteiger partial charge in [0.25, 0.3) is 0 Å². The molecule has 1 fully saturated rings. The lowest BCUT2D eigenvalue weighted by molar-refractivity contribution is -0.126. The summed E-state index contributed by atoms with van der Waals surface area (Å²) in [6.07, 6.45) is 0.162. The second kappa shape index (κ2) is 8.65. The van der Waals surface area contributed by atoms with E-state index in [2.05, 4.69) is 5.32 Å². The Balaban J connectivity index is 1.65. The number of carbonyl (C=O) groups is 2. The fourth-order valence-electron chi connectivity index (χ4n) is 3.20. The average molecular weight is 384 g/mol. The first-order valence-corrected chi connectivity index (χ1v) is 8.98. The topological polar surface area (TPSA) is 77.1 Å². The molecular weight excluding hydrogens is 360 g/mol. The minimum atomic E-state index is -0.415. The van der Waals surface area contributed by atoms with Gasteiger partial charge in [-0.1, -0.05) is 12.1 Å². The molecule has 1 aliphatic heterocycles. The monoisotopic (exact) mass is 384 g/mol. The van der Waals surface area contributed by atoms with Crippen LogP contribution in [0.1, 0.15) is 12.0 Å². The zero-order valence-corrected chi connectivity index (χ0v) is 16.2. The van der Waals surface area contributed by atoms with Crippen molar-refractivity contribution in [2.45, 2.75) is 13.0 Å². The third kappa shape index (κ3) is 4.19. The summed E-state index contributed by atoms with van der Waals surface area (Å²) in [5.74, 6) is 1.27. The van der Waals surface area contributed by atoms with Crippen LogP contribution in [0.5, 0.6) is 17.2 Å². The first kappa shape index (κ1) is 19.5. The van der Waals surface area contributed by atoms with Gasteiger partial charge in [0, 0.05) is 25.6 Å². The van der Waals surface area contributed by atoms with Crippen LogP contribution in [0.4, 0.5) is 5.69 Å². The standard InChI is InChI=1S/C21H24N2O5/c1-26-16-6-4-14(5-7-16)12-22-21(25)15-10-20(24)23(13-15)18-11-17(27-2)8-9-19(18)28-3/h4-9,11,15H,10,12-13H2,1-3H3,(H,22,25)/t15-/m1/s1. The number of anilines is 1. The zero-order chi connectivity index (χ0) is 20.1. The number of amides is 2. The van der Waals surface area contributed by atoms with E-state index < -0.39 is 5.92 Å². The van der Waals surface area contributed by atoms with Crippen LogP contribution >= 0.6 is 0 Å². The van der Waals surface area contributed by atoms with E-state index in [1.54, 1.807) is 44.4 Å². The Morgan fingerprint density at radius 2 is 1.71 bits per heavy atom. The number of hydrogen-bond acceptors (Lipinski definition) is 5. The van der Waals surface area contributed by atoms with Crippen molar-refractivity contribution in [3.05, 3.63) is 48.0 Å². The molecule has 1 atom stereocenters. The van der Waals surface area contributed by atoms with E-state index in [0.29, 0.717) is 30.3 Å². The number of hydrogen-bond donors (Lipinski definition) is 1. The van der Waals surface area contributed by atoms with Gasteiger partial charge in [0.2, 0.25) is 11.8 Å². The van der Waals surface area contributed by atoms with Gasteiger partial charge < -0.3 is 24.4 Å². The molecule has 148 valence electrons. The molecule has 28 heavy (non-hydrogen) atoms. The average Bonchev–Trinajstić information content (AvgIpc) is 3.13. The molecule has 2 aromatic rings. The van der Waals surface area contributed by atoms with Gasteiger partial charge >= 0.3 is 0 Å². The van der Waals surface area contributed by atoms with E-state index in [1.165, 1.54) is 0 Å². The molecule has 1 N–H and O–H groups in total. The Labute approximate surface area is 164 Å². The number of nitrogens with one attached hydrogen (secondary N) is 1. The maximum absolute atomic E-state index is 12.6. The molecule has 0 unspecified atom stereocenters. The highest BCUT2D eigenvalue weighted by Gasteiger charge is 2.36. The second-order valence-corrected chi connectivity index (χ2v) is 6.51. The SMILES string of the molecule is COc1ccc(CNC(=O)[C@@H]2CC(=O)N(c3cc(OC)ccc3OC)C2)cc1. The van der Waals surface area contributed by atoms with Crippen molar-refractivity contribution in [2.75, 3.05) is 32.8 Å². The largest absolute Gasteiger partial charge is 0.497 e. The Morgan fingerprint density at radius 1 is 1.04 bits per heavy atom. The Hall–Kier alpha value is -3.22. The molecule has 0 aromatic heterocycles. The summed E-state index contributed by atoms with van der Waals surface area (Å²) in [7, 11) is 4.72. The third-order valence-corrected chi connectivity index (χ3v) is 4.80. The summed E-state index contributed by atoms with van der Waals surface area (Å²) in [6.45, 7) is 0.701. The number of nitrogens with zero attached hydrogens (tertiary/aromatic N) is 1. The molecule has 0 radical (unpaired) electrons. The third-order valence-electron chi connectivity index (χ3n) is 4.80. The van der Waals surface area contributed by atoms with Crippen molar-refractivity contribution in [1.29, 1.82) is 0 Å². The molecule has 0 spiro atoms. The Bertz CT molecular complexity index is 850. The number of methoxy groups -OCH3 is 3. The summed E-state index contributed by atoms with van der Waals surface area (Å²) in [6, 6.07) is 12.7. The first-order chi connectivity index (χ1) is 13.5. The zero-order valence-electron chi connectivity index (χ0n) is 16.2. The molecule has 3 rings (SSSR count). The van der Waals surface area contributed by atoms with E-state index >= 15 is 0 Å². The number of carbonyl (C=O) groups excluding carboxylic acids is 2. The highest BCUT2D eigenvalue weighted by Crippen LogP contribution is 2.36. The molecule has 0 saturated carbocycles. The summed E-state index contributed by atoms with van der Waals surface area (Å²) in [5.41, 5.74) is 1.57. The van der Waals surface area contributed by atoms with Crippen LogP contribution in [0.2, 0.25) is 0 Å². The van der Waals surface area contributed by atoms with Gasteiger partial charge in [-0.05, 0) is 29.8 Å². The van der Waals surface area contributed by atoms with Crippen molar-refractivity contribution in [3.8, 4) is 17.2 Å². The van der Waals surface area contributed by atoms with Crippen molar-refractivity contribution in [1.82, 2.24) is 5.32 Å². The normalized spacial score (nSPS) is 16.0. The van der Waals surface area contributed by atoms with Crippen LogP contribution in [0.3, 0.4) is 0 Å². The maximum Gasteiger partial charge on any atom is 0.227 e. The van der Waals surface area contributed by atoms with Crippen molar-refractivity contribution in [2.24, 2.45) is 5.92 Å². The Kier molecular flexibility index (Phi) is 6.03. The number of ether oxygens (including phenoxy) is 3. The maximum atomic E-state index is 12.6. The second-order valence-electron chi connectivity index (χ2n) is 6.51. The molecule has 0 aliphatic carbocycles. The summed E-state index contributed by atoms with van der Waals surface area (Å²) >= 11 is 0. The number of rotatable bonds is 7. The quantitative estimate of drug-likeness (QED) is 0.793. The van der Waals surface area contributed by atoms with Gasteiger partial charge in [0.05, 0.1) is 32.9 Å². The predicted molar refractivity (Wildman–Crippen MR) is 105 cm³/mol. The highest BCUT2D eigenvalue weighted by molar-refractivity contribution is 6.01. The lowest BCUT2D eigenvalue weighted by Gasteiger charge is -2.20. The summed E-state index contributed by atoms with van der Waals surface area (Å²) in [5, 5.41) is 2.91. The fourth-order valence-corrected chi connectivity index (χ4v) is 3.20. The predicted octanol–water partition coefficient (Wildman–Crippen LogP) is 2.38. The number of benzene rings is 2. The van der Waals surface area contributed by atoms with Crippen molar-refractivity contribution < 1.29 is 23.8 Å². The molecule has 1 heterocycles. The van der Waals surface area contributed by atoms with Crippen molar-refractivity contribution >= 4 is 17.5 Å². The fraction of sp³-hybridized carbons (Fsp3) is 0.333. The molecule has 2 aromatic carbocycles. The van der Waals surface area contributed by atoms with E-state index in [9.17, 15) is 9.59 Å². The molecule has 7 nitrogen and oxygen atoms in total. The Morgan fingerprint density at radius 3 is 2.36 bits per heavy atom. The minimum Gasteiger partial charge on any atom is -0.497 e. The van der Waals surface area contributed by atoms with E-state index in [0.717, 1.165) is 11.3 Å². The van der Waals surface area contributed by atoms with Gasteiger partial charge in [-0.2, -0.15) is 0 Å². The first-order valence-electron chi connectivity index (χ1n) is 8.98. The van der Waals surface area contributed by atoms with Crippen LogP contribution in [0.15, 0.2) is 42.5 Å². The highest BCUT2D eigenvalue weighted by atomic mass is 16.5. The van der Waals surface area contributed by atoms with Gasteiger partial charge in [-0.15, -0.1) is 0 Å². The minimum absolute atomic E-state index is 0.115. The van der Waals surface area contributed by atoms with Crippen LogP contribution in [-0.4, -0.2) is 39.7 Å². The molecule has 0 bridgehead atoms. The molecule has 1 saturated heterocycles.